The maximum absolute atomic E-state index is 11.5. The first kappa shape index (κ1) is 25.2. The maximum atomic E-state index is 11.5. The normalized spacial score (nSPS) is 12.1. The third-order valence-corrected chi connectivity index (χ3v) is 5.02. The van der Waals surface area contributed by atoms with E-state index < -0.39 is 12.1 Å². The van der Waals surface area contributed by atoms with Crippen LogP contribution in [0.4, 0.5) is 0 Å². The minimum absolute atomic E-state index is 0.192. The molecule has 0 aromatic heterocycles. The van der Waals surface area contributed by atoms with Gasteiger partial charge in [-0.15, -0.1) is 0 Å². The number of aliphatic hydroxyl groups is 1. The molecule has 0 amide bonds. The largest absolute Gasteiger partial charge is 0.463 e. The molecule has 26 heavy (non-hydrogen) atoms. The molecule has 3 heteroatoms. The molecule has 0 aliphatic carbocycles. The molecule has 0 radical (unpaired) electrons. The van der Waals surface area contributed by atoms with Crippen molar-refractivity contribution in [1.29, 1.82) is 0 Å². The van der Waals surface area contributed by atoms with Crippen LogP contribution in [-0.4, -0.2) is 23.8 Å². The van der Waals surface area contributed by atoms with Crippen molar-refractivity contribution in [2.45, 2.75) is 123 Å². The number of hydrogen-bond acceptors (Lipinski definition) is 3. The molecule has 0 fully saturated rings. The SMILES string of the molecule is C=C(C(=O)OCC)C(O)CCCCCCCCCCCCCCCCC. The van der Waals surface area contributed by atoms with Gasteiger partial charge in [0.15, 0.2) is 0 Å². The third kappa shape index (κ3) is 15.4. The van der Waals surface area contributed by atoms with Crippen LogP contribution in [0.1, 0.15) is 117 Å². The lowest BCUT2D eigenvalue weighted by molar-refractivity contribution is -0.139. The number of hydrogen-bond donors (Lipinski definition) is 1. The Morgan fingerprint density at radius 1 is 0.769 bits per heavy atom. The van der Waals surface area contributed by atoms with E-state index in [1.54, 1.807) is 6.92 Å². The van der Waals surface area contributed by atoms with Gasteiger partial charge in [0, 0.05) is 0 Å². The van der Waals surface area contributed by atoms with E-state index in [2.05, 4.69) is 13.5 Å². The molecule has 0 aliphatic rings. The topological polar surface area (TPSA) is 46.5 Å². The predicted octanol–water partition coefficient (Wildman–Crippen LogP) is 6.73. The second kappa shape index (κ2) is 18.9. The van der Waals surface area contributed by atoms with Crippen molar-refractivity contribution in [1.82, 2.24) is 0 Å². The number of carbonyl (C=O) groups excluding carboxylic acids is 1. The molecule has 0 rings (SSSR count). The van der Waals surface area contributed by atoms with Crippen LogP contribution in [0.15, 0.2) is 12.2 Å². The zero-order valence-corrected chi connectivity index (χ0v) is 17.6. The Morgan fingerprint density at radius 3 is 1.54 bits per heavy atom. The van der Waals surface area contributed by atoms with Crippen LogP contribution in [0.3, 0.4) is 0 Å². The Morgan fingerprint density at radius 2 is 1.15 bits per heavy atom. The van der Waals surface area contributed by atoms with Crippen molar-refractivity contribution in [3.05, 3.63) is 12.2 Å². The van der Waals surface area contributed by atoms with Crippen LogP contribution in [0.5, 0.6) is 0 Å². The zero-order valence-electron chi connectivity index (χ0n) is 17.6. The fourth-order valence-electron chi connectivity index (χ4n) is 3.24. The van der Waals surface area contributed by atoms with Gasteiger partial charge in [-0.25, -0.2) is 4.79 Å². The van der Waals surface area contributed by atoms with Crippen LogP contribution in [0, 0.1) is 0 Å². The van der Waals surface area contributed by atoms with Gasteiger partial charge in [0.25, 0.3) is 0 Å². The van der Waals surface area contributed by atoms with Crippen LogP contribution < -0.4 is 0 Å². The van der Waals surface area contributed by atoms with Gasteiger partial charge in [-0.2, -0.15) is 0 Å². The monoisotopic (exact) mass is 368 g/mol. The van der Waals surface area contributed by atoms with Gasteiger partial charge in [-0.3, -0.25) is 0 Å². The van der Waals surface area contributed by atoms with E-state index in [1.165, 1.54) is 83.5 Å². The fourth-order valence-corrected chi connectivity index (χ4v) is 3.24. The summed E-state index contributed by atoms with van der Waals surface area (Å²) in [6.07, 6.45) is 19.7. The Hall–Kier alpha value is -0.830. The standard InChI is InChI=1S/C23H44O3/c1-4-6-7-8-9-10-11-12-13-14-15-16-17-18-19-20-22(24)21(3)23(25)26-5-2/h22,24H,3-20H2,1-2H3. The first-order valence-electron chi connectivity index (χ1n) is 11.2. The molecule has 3 nitrogen and oxygen atoms in total. The van der Waals surface area contributed by atoms with Crippen molar-refractivity contribution in [2.75, 3.05) is 6.61 Å². The molecule has 0 spiro atoms. The summed E-state index contributed by atoms with van der Waals surface area (Å²) in [6, 6.07) is 0. The predicted molar refractivity (Wildman–Crippen MR) is 111 cm³/mol. The van der Waals surface area contributed by atoms with Crippen LogP contribution in [0.2, 0.25) is 0 Å². The van der Waals surface area contributed by atoms with Crippen LogP contribution in [-0.2, 0) is 9.53 Å². The summed E-state index contributed by atoms with van der Waals surface area (Å²) in [5, 5.41) is 9.92. The average Bonchev–Trinajstić information content (AvgIpc) is 2.64. The maximum Gasteiger partial charge on any atom is 0.336 e. The van der Waals surface area contributed by atoms with Crippen LogP contribution >= 0.6 is 0 Å². The number of rotatable bonds is 19. The highest BCUT2D eigenvalue weighted by molar-refractivity contribution is 5.88. The highest BCUT2D eigenvalue weighted by Gasteiger charge is 2.16. The molecule has 0 aliphatic heterocycles. The van der Waals surface area contributed by atoms with Gasteiger partial charge in [-0.05, 0) is 13.3 Å². The Balaban J connectivity index is 3.29. The van der Waals surface area contributed by atoms with Gasteiger partial charge in [-0.1, -0.05) is 110 Å². The molecule has 154 valence electrons. The summed E-state index contributed by atoms with van der Waals surface area (Å²) in [5.74, 6) is -0.471. The molecule has 1 N–H and O–H groups in total. The number of unbranched alkanes of at least 4 members (excludes halogenated alkanes) is 14. The second-order valence-corrected chi connectivity index (χ2v) is 7.50. The Bertz CT molecular complexity index is 338. The number of ether oxygens (including phenoxy) is 1. The van der Waals surface area contributed by atoms with E-state index in [4.69, 9.17) is 4.74 Å². The fraction of sp³-hybridized carbons (Fsp3) is 0.870. The van der Waals surface area contributed by atoms with Crippen molar-refractivity contribution in [3.8, 4) is 0 Å². The summed E-state index contributed by atoms with van der Waals surface area (Å²) < 4.78 is 4.85. The van der Waals surface area contributed by atoms with E-state index in [-0.39, 0.29) is 5.57 Å². The van der Waals surface area contributed by atoms with E-state index in [9.17, 15) is 9.90 Å². The molecule has 0 heterocycles. The minimum atomic E-state index is -0.754. The van der Waals surface area contributed by atoms with Crippen molar-refractivity contribution >= 4 is 5.97 Å². The highest BCUT2D eigenvalue weighted by Crippen LogP contribution is 2.15. The van der Waals surface area contributed by atoms with Crippen LogP contribution in [0.25, 0.3) is 0 Å². The Labute approximate surface area is 162 Å². The molecule has 0 aromatic carbocycles. The second-order valence-electron chi connectivity index (χ2n) is 7.50. The van der Waals surface area contributed by atoms with E-state index in [0.29, 0.717) is 13.0 Å². The molecular weight excluding hydrogens is 324 g/mol. The zero-order chi connectivity index (χ0) is 19.5. The van der Waals surface area contributed by atoms with E-state index in [1.807, 2.05) is 0 Å². The molecule has 0 saturated heterocycles. The smallest absolute Gasteiger partial charge is 0.336 e. The molecule has 1 atom stereocenters. The lowest BCUT2D eigenvalue weighted by Crippen LogP contribution is -2.19. The summed E-state index contributed by atoms with van der Waals surface area (Å²) >= 11 is 0. The molecule has 0 aromatic rings. The average molecular weight is 369 g/mol. The van der Waals surface area contributed by atoms with Crippen molar-refractivity contribution in [2.24, 2.45) is 0 Å². The van der Waals surface area contributed by atoms with Crippen molar-refractivity contribution < 1.29 is 14.6 Å². The number of esters is 1. The van der Waals surface area contributed by atoms with Gasteiger partial charge in [0.2, 0.25) is 0 Å². The number of carbonyl (C=O) groups is 1. The van der Waals surface area contributed by atoms with Crippen molar-refractivity contribution in [3.63, 3.8) is 0 Å². The molecule has 0 bridgehead atoms. The third-order valence-electron chi connectivity index (χ3n) is 5.02. The minimum Gasteiger partial charge on any atom is -0.463 e. The summed E-state index contributed by atoms with van der Waals surface area (Å²) in [7, 11) is 0. The first-order chi connectivity index (χ1) is 12.6. The summed E-state index contributed by atoms with van der Waals surface area (Å²) in [5.41, 5.74) is 0.192. The van der Waals surface area contributed by atoms with Gasteiger partial charge in [0.05, 0.1) is 18.3 Å². The van der Waals surface area contributed by atoms with E-state index >= 15 is 0 Å². The van der Waals surface area contributed by atoms with E-state index in [0.717, 1.165) is 12.8 Å². The van der Waals surface area contributed by atoms with Gasteiger partial charge in [0.1, 0.15) is 0 Å². The summed E-state index contributed by atoms with van der Waals surface area (Å²) in [6.45, 7) is 7.99. The van der Waals surface area contributed by atoms with Gasteiger partial charge < -0.3 is 9.84 Å². The lowest BCUT2D eigenvalue weighted by atomic mass is 10.0. The highest BCUT2D eigenvalue weighted by atomic mass is 16.5. The molecule has 0 saturated carbocycles. The number of aliphatic hydroxyl groups excluding tert-OH is 1. The Kier molecular flexibility index (Phi) is 18.3. The summed E-state index contributed by atoms with van der Waals surface area (Å²) in [4.78, 5) is 11.5. The first-order valence-corrected chi connectivity index (χ1v) is 11.2. The molecule has 1 unspecified atom stereocenters. The van der Waals surface area contributed by atoms with Gasteiger partial charge >= 0.3 is 5.97 Å². The lowest BCUT2D eigenvalue weighted by Gasteiger charge is -2.12. The molecular formula is C23H44O3. The quantitative estimate of drug-likeness (QED) is 0.156.